The summed E-state index contributed by atoms with van der Waals surface area (Å²) < 4.78 is 15.2. The van der Waals surface area contributed by atoms with E-state index in [4.69, 9.17) is 13.9 Å². The minimum absolute atomic E-state index is 0.238. The van der Waals surface area contributed by atoms with Crippen LogP contribution in [0.2, 0.25) is 0 Å². The molecule has 1 aromatic heterocycles. The van der Waals surface area contributed by atoms with Crippen molar-refractivity contribution < 1.29 is 23.5 Å². The molecule has 0 aliphatic carbocycles. The molecule has 0 amide bonds. The number of fused-ring (bicyclic) bond motifs is 1. The molecule has 0 bridgehead atoms. The van der Waals surface area contributed by atoms with Crippen molar-refractivity contribution in [1.29, 1.82) is 0 Å². The molecule has 0 unspecified atom stereocenters. The van der Waals surface area contributed by atoms with E-state index in [9.17, 15) is 14.4 Å². The molecular formula is C17H18O6. The molecule has 0 saturated heterocycles. The number of para-hydroxylation sites is 1. The van der Waals surface area contributed by atoms with Crippen molar-refractivity contribution in [2.24, 2.45) is 5.41 Å². The topological polar surface area (TPSA) is 82.8 Å². The van der Waals surface area contributed by atoms with E-state index in [0.29, 0.717) is 11.1 Å². The van der Waals surface area contributed by atoms with Gasteiger partial charge in [0.25, 0.3) is 0 Å². The average molecular weight is 318 g/mol. The largest absolute Gasteiger partial charge is 0.493 e. The predicted molar refractivity (Wildman–Crippen MR) is 83.8 cm³/mol. The summed E-state index contributed by atoms with van der Waals surface area (Å²) >= 11 is 0. The van der Waals surface area contributed by atoms with E-state index in [1.165, 1.54) is 13.2 Å². The second-order valence-electron chi connectivity index (χ2n) is 6.08. The van der Waals surface area contributed by atoms with Crippen LogP contribution in [0.25, 0.3) is 11.0 Å². The number of ether oxygens (including phenoxy) is 2. The highest BCUT2D eigenvalue weighted by atomic mass is 16.5. The van der Waals surface area contributed by atoms with Gasteiger partial charge < -0.3 is 13.9 Å². The summed E-state index contributed by atoms with van der Waals surface area (Å²) in [5.74, 6) is -0.735. The SMILES string of the molecule is COc1cccc2cc(C(=O)OCC(=O)C(C)(C)C)c(=O)oc12. The average Bonchev–Trinajstić information content (AvgIpc) is 2.50. The first-order chi connectivity index (χ1) is 10.7. The first-order valence-electron chi connectivity index (χ1n) is 7.05. The third-order valence-electron chi connectivity index (χ3n) is 3.33. The molecule has 2 rings (SSSR count). The normalized spacial score (nSPS) is 11.3. The lowest BCUT2D eigenvalue weighted by Crippen LogP contribution is -2.27. The maximum atomic E-state index is 12.0. The maximum Gasteiger partial charge on any atom is 0.351 e. The summed E-state index contributed by atoms with van der Waals surface area (Å²) in [6.07, 6.45) is 0. The Labute approximate surface area is 133 Å². The summed E-state index contributed by atoms with van der Waals surface area (Å²) in [6.45, 7) is 4.78. The molecule has 2 aromatic rings. The Morgan fingerprint density at radius 3 is 2.52 bits per heavy atom. The fourth-order valence-electron chi connectivity index (χ4n) is 1.85. The highest BCUT2D eigenvalue weighted by Crippen LogP contribution is 2.24. The van der Waals surface area contributed by atoms with Crippen LogP contribution in [0.15, 0.2) is 33.5 Å². The van der Waals surface area contributed by atoms with Gasteiger partial charge in [0.1, 0.15) is 5.56 Å². The Bertz CT molecular complexity index is 810. The van der Waals surface area contributed by atoms with Crippen LogP contribution in [0, 0.1) is 5.41 Å². The highest BCUT2D eigenvalue weighted by Gasteiger charge is 2.24. The maximum absolute atomic E-state index is 12.0. The van der Waals surface area contributed by atoms with Crippen molar-refractivity contribution in [2.45, 2.75) is 20.8 Å². The van der Waals surface area contributed by atoms with Crippen molar-refractivity contribution in [2.75, 3.05) is 13.7 Å². The fraction of sp³-hybridized carbons (Fsp3) is 0.353. The second kappa shape index (κ2) is 6.24. The highest BCUT2D eigenvalue weighted by molar-refractivity contribution is 5.95. The molecule has 0 radical (unpaired) electrons. The monoisotopic (exact) mass is 318 g/mol. The third kappa shape index (κ3) is 3.59. The van der Waals surface area contributed by atoms with E-state index in [1.54, 1.807) is 39.0 Å². The molecule has 0 spiro atoms. The standard InChI is InChI=1S/C17H18O6/c1-17(2,3)13(18)9-22-15(19)11-8-10-6-5-7-12(21-4)14(10)23-16(11)20/h5-8H,9H2,1-4H3. The summed E-state index contributed by atoms with van der Waals surface area (Å²) in [4.78, 5) is 35.8. The number of methoxy groups -OCH3 is 1. The van der Waals surface area contributed by atoms with Crippen molar-refractivity contribution in [3.05, 3.63) is 40.2 Å². The smallest absolute Gasteiger partial charge is 0.351 e. The minimum Gasteiger partial charge on any atom is -0.493 e. The Morgan fingerprint density at radius 2 is 1.91 bits per heavy atom. The number of rotatable bonds is 4. The predicted octanol–water partition coefficient (Wildman–Crippen LogP) is 2.57. The van der Waals surface area contributed by atoms with E-state index in [0.717, 1.165) is 0 Å². The van der Waals surface area contributed by atoms with Crippen LogP contribution < -0.4 is 10.4 Å². The number of benzene rings is 1. The zero-order valence-electron chi connectivity index (χ0n) is 13.5. The number of carbonyl (C=O) groups is 2. The van der Waals surface area contributed by atoms with Crippen LogP contribution >= 0.6 is 0 Å². The molecular weight excluding hydrogens is 300 g/mol. The van der Waals surface area contributed by atoms with Crippen molar-refractivity contribution in [3.63, 3.8) is 0 Å². The van der Waals surface area contributed by atoms with Crippen LogP contribution in [0.3, 0.4) is 0 Å². The fourth-order valence-corrected chi connectivity index (χ4v) is 1.85. The third-order valence-corrected chi connectivity index (χ3v) is 3.33. The second-order valence-corrected chi connectivity index (χ2v) is 6.08. The lowest BCUT2D eigenvalue weighted by atomic mass is 9.91. The van der Waals surface area contributed by atoms with Gasteiger partial charge in [-0.05, 0) is 12.1 Å². The minimum atomic E-state index is -0.888. The number of hydrogen-bond donors (Lipinski definition) is 0. The van der Waals surface area contributed by atoms with Gasteiger partial charge in [-0.1, -0.05) is 32.9 Å². The zero-order valence-corrected chi connectivity index (χ0v) is 13.5. The van der Waals surface area contributed by atoms with E-state index in [-0.39, 0.29) is 16.9 Å². The zero-order chi connectivity index (χ0) is 17.2. The Hall–Kier alpha value is -2.63. The summed E-state index contributed by atoms with van der Waals surface area (Å²) in [5.41, 5.74) is -1.47. The van der Waals surface area contributed by atoms with Gasteiger partial charge in [-0.25, -0.2) is 9.59 Å². The van der Waals surface area contributed by atoms with Crippen LogP contribution in [-0.2, 0) is 9.53 Å². The number of Topliss-reactive ketones (excluding diaryl/α,β-unsaturated/α-hetero) is 1. The Kier molecular flexibility index (Phi) is 4.54. The molecule has 23 heavy (non-hydrogen) atoms. The Morgan fingerprint density at radius 1 is 1.22 bits per heavy atom. The summed E-state index contributed by atoms with van der Waals surface area (Å²) in [6, 6.07) is 6.40. The molecule has 6 heteroatoms. The van der Waals surface area contributed by atoms with Crippen molar-refractivity contribution in [1.82, 2.24) is 0 Å². The lowest BCUT2D eigenvalue weighted by molar-refractivity contribution is -0.129. The van der Waals surface area contributed by atoms with Gasteiger partial charge in [-0.3, -0.25) is 4.79 Å². The summed E-state index contributed by atoms with van der Waals surface area (Å²) in [5, 5.41) is 0.526. The number of carbonyl (C=O) groups excluding carboxylic acids is 2. The van der Waals surface area contributed by atoms with Crippen LogP contribution in [0.5, 0.6) is 5.75 Å². The quantitative estimate of drug-likeness (QED) is 0.636. The summed E-state index contributed by atoms with van der Waals surface area (Å²) in [7, 11) is 1.45. The van der Waals surface area contributed by atoms with Crippen LogP contribution in [0.1, 0.15) is 31.1 Å². The molecule has 0 fully saturated rings. The molecule has 0 N–H and O–H groups in total. The molecule has 1 aromatic carbocycles. The molecule has 6 nitrogen and oxygen atoms in total. The van der Waals surface area contributed by atoms with E-state index >= 15 is 0 Å². The van der Waals surface area contributed by atoms with E-state index < -0.39 is 23.6 Å². The molecule has 0 aliphatic rings. The Balaban J connectivity index is 2.30. The van der Waals surface area contributed by atoms with Gasteiger partial charge in [0.05, 0.1) is 7.11 Å². The van der Waals surface area contributed by atoms with Gasteiger partial charge >= 0.3 is 11.6 Å². The number of hydrogen-bond acceptors (Lipinski definition) is 6. The number of ketones is 1. The van der Waals surface area contributed by atoms with Gasteiger partial charge in [-0.2, -0.15) is 0 Å². The first kappa shape index (κ1) is 16.7. The van der Waals surface area contributed by atoms with Crippen molar-refractivity contribution in [3.8, 4) is 5.75 Å². The first-order valence-corrected chi connectivity index (χ1v) is 7.05. The van der Waals surface area contributed by atoms with Gasteiger partial charge in [0.2, 0.25) is 0 Å². The van der Waals surface area contributed by atoms with E-state index in [2.05, 4.69) is 0 Å². The van der Waals surface area contributed by atoms with Gasteiger partial charge in [-0.15, -0.1) is 0 Å². The van der Waals surface area contributed by atoms with Gasteiger partial charge in [0, 0.05) is 10.8 Å². The van der Waals surface area contributed by atoms with Crippen LogP contribution in [-0.4, -0.2) is 25.5 Å². The molecule has 1 heterocycles. The van der Waals surface area contributed by atoms with E-state index in [1.807, 2.05) is 0 Å². The molecule has 122 valence electrons. The molecule has 0 aliphatic heterocycles. The molecule has 0 saturated carbocycles. The van der Waals surface area contributed by atoms with Gasteiger partial charge in [0.15, 0.2) is 23.7 Å². The lowest BCUT2D eigenvalue weighted by Gasteiger charge is -2.16. The number of esters is 1. The van der Waals surface area contributed by atoms with Crippen molar-refractivity contribution >= 4 is 22.7 Å². The molecule has 0 atom stereocenters. The van der Waals surface area contributed by atoms with Crippen LogP contribution in [0.4, 0.5) is 0 Å².